The smallest absolute Gasteiger partial charge is 0.447 e. The van der Waals surface area contributed by atoms with Gasteiger partial charge in [-0.2, -0.15) is 18.3 Å². The van der Waals surface area contributed by atoms with Crippen molar-refractivity contribution in [3.8, 4) is 11.5 Å². The topological polar surface area (TPSA) is 63.2 Å². The molecule has 0 bridgehead atoms. The predicted molar refractivity (Wildman–Crippen MR) is 120 cm³/mol. The van der Waals surface area contributed by atoms with E-state index >= 15 is 0 Å². The number of alkyl halides is 3. The van der Waals surface area contributed by atoms with Gasteiger partial charge in [0, 0.05) is 22.7 Å². The number of ether oxygens (including phenoxy) is 2. The number of anilines is 1. The Morgan fingerprint density at radius 3 is 2.53 bits per heavy atom. The molecule has 0 spiro atoms. The number of fused-ring (bicyclic) bond motifs is 1. The number of urea groups is 1. The number of halogens is 4. The monoisotopic (exact) mass is 487 g/mol. The lowest BCUT2D eigenvalue weighted by Gasteiger charge is -2.28. The van der Waals surface area contributed by atoms with Crippen molar-refractivity contribution in [3.63, 3.8) is 0 Å². The first-order chi connectivity index (χ1) is 16.3. The second-order valence-corrected chi connectivity index (χ2v) is 8.16. The van der Waals surface area contributed by atoms with Crippen LogP contribution >= 0.6 is 11.6 Å². The Morgan fingerprint density at radius 2 is 1.79 bits per heavy atom. The summed E-state index contributed by atoms with van der Waals surface area (Å²) in [6.45, 7) is 0.275. The zero-order valence-electron chi connectivity index (χ0n) is 17.4. The van der Waals surface area contributed by atoms with Crippen molar-refractivity contribution in [2.24, 2.45) is 5.10 Å². The van der Waals surface area contributed by atoms with Gasteiger partial charge in [-0.25, -0.2) is 9.80 Å². The van der Waals surface area contributed by atoms with Crippen LogP contribution in [0.5, 0.6) is 11.5 Å². The fourth-order valence-corrected chi connectivity index (χ4v) is 3.91. The quantitative estimate of drug-likeness (QED) is 0.490. The third-order valence-corrected chi connectivity index (χ3v) is 5.68. The van der Waals surface area contributed by atoms with Crippen LogP contribution in [0.25, 0.3) is 0 Å². The van der Waals surface area contributed by atoms with E-state index < -0.39 is 18.5 Å². The van der Waals surface area contributed by atoms with Gasteiger partial charge in [0.05, 0.1) is 12.3 Å². The van der Waals surface area contributed by atoms with Crippen LogP contribution in [0.1, 0.15) is 17.0 Å². The van der Waals surface area contributed by atoms with Crippen molar-refractivity contribution in [1.29, 1.82) is 0 Å². The van der Waals surface area contributed by atoms with Gasteiger partial charge in [-0.1, -0.05) is 54.1 Å². The molecule has 174 valence electrons. The fraction of sp³-hybridized carbons (Fsp3) is 0.167. The third-order valence-electron chi connectivity index (χ3n) is 5.43. The van der Waals surface area contributed by atoms with Gasteiger partial charge >= 0.3 is 18.5 Å². The molecule has 0 radical (unpaired) electrons. The van der Waals surface area contributed by atoms with E-state index in [-0.39, 0.29) is 29.6 Å². The molecule has 3 aromatic rings. The summed E-state index contributed by atoms with van der Waals surface area (Å²) in [6, 6.07) is 20.0. The van der Waals surface area contributed by atoms with Gasteiger partial charge in [-0.3, -0.25) is 0 Å². The lowest BCUT2D eigenvalue weighted by molar-refractivity contribution is -0.281. The highest BCUT2D eigenvalue weighted by atomic mass is 35.5. The molecule has 3 aromatic carbocycles. The molecule has 6 nitrogen and oxygen atoms in total. The molecule has 2 atom stereocenters. The normalized spacial score (nSPS) is 20.6. The number of hydrogen-bond donors (Lipinski definition) is 1. The Kier molecular flexibility index (Phi) is 5.57. The number of hydrogen-bond acceptors (Lipinski definition) is 4. The van der Waals surface area contributed by atoms with Gasteiger partial charge in [-0.15, -0.1) is 0 Å². The number of carbonyl (C=O) groups is 1. The van der Waals surface area contributed by atoms with Gasteiger partial charge < -0.3 is 14.8 Å². The van der Waals surface area contributed by atoms with Crippen LogP contribution in [0.15, 0.2) is 77.9 Å². The molecule has 0 saturated heterocycles. The maximum Gasteiger partial charge on any atom is 0.468 e. The van der Waals surface area contributed by atoms with Crippen molar-refractivity contribution in [2.45, 2.75) is 18.4 Å². The van der Waals surface area contributed by atoms with E-state index in [0.29, 0.717) is 10.7 Å². The summed E-state index contributed by atoms with van der Waals surface area (Å²) in [4.78, 5) is 13.0. The van der Waals surface area contributed by atoms with Crippen LogP contribution in [-0.2, 0) is 0 Å². The SMILES string of the molecule is O=C(Nc1ccc2c(c1)OC(F)C(F)(F)O2)N1CC(c2ccccc2)C(c2ccc(Cl)cc2)=N1. The molecule has 10 heteroatoms. The van der Waals surface area contributed by atoms with E-state index in [2.05, 4.69) is 19.9 Å². The first kappa shape index (κ1) is 22.1. The second kappa shape index (κ2) is 8.57. The first-order valence-electron chi connectivity index (χ1n) is 10.3. The molecule has 1 N–H and O–H groups in total. The van der Waals surface area contributed by atoms with E-state index in [4.69, 9.17) is 11.6 Å². The lowest BCUT2D eigenvalue weighted by Crippen LogP contribution is -2.43. The zero-order chi connectivity index (χ0) is 23.9. The number of hydrazone groups is 1. The van der Waals surface area contributed by atoms with Gasteiger partial charge in [0.25, 0.3) is 0 Å². The molecule has 34 heavy (non-hydrogen) atoms. The number of amides is 2. The lowest BCUT2D eigenvalue weighted by atomic mass is 9.91. The Hall–Kier alpha value is -3.72. The predicted octanol–water partition coefficient (Wildman–Crippen LogP) is 6.04. The van der Waals surface area contributed by atoms with Crippen LogP contribution < -0.4 is 14.8 Å². The van der Waals surface area contributed by atoms with Gasteiger partial charge in [0.1, 0.15) is 0 Å². The van der Waals surface area contributed by atoms with Crippen molar-refractivity contribution in [2.75, 3.05) is 11.9 Å². The van der Waals surface area contributed by atoms with E-state index in [1.165, 1.54) is 23.2 Å². The standard InChI is InChI=1S/C24H17ClF3N3O3/c25-16-8-6-15(7-9-16)21-18(14-4-2-1-3-5-14)13-31(30-21)23(32)29-17-10-11-19-20(12-17)33-22(26)24(27,28)34-19/h1-12,18,22H,13H2,(H,29,32). The summed E-state index contributed by atoms with van der Waals surface area (Å²) >= 11 is 6.02. The van der Waals surface area contributed by atoms with Gasteiger partial charge in [0.2, 0.25) is 0 Å². The minimum absolute atomic E-state index is 0.178. The Morgan fingerprint density at radius 1 is 1.06 bits per heavy atom. The number of benzene rings is 3. The third kappa shape index (κ3) is 4.26. The van der Waals surface area contributed by atoms with Crippen LogP contribution in [0.3, 0.4) is 0 Å². The number of nitrogens with one attached hydrogen (secondary N) is 1. The Bertz CT molecular complexity index is 1260. The summed E-state index contributed by atoms with van der Waals surface area (Å²) in [5.74, 6) is -0.752. The van der Waals surface area contributed by atoms with E-state index in [9.17, 15) is 18.0 Å². The average molecular weight is 488 g/mol. The molecule has 5 rings (SSSR count). The zero-order valence-corrected chi connectivity index (χ0v) is 18.2. The minimum atomic E-state index is -4.09. The van der Waals surface area contributed by atoms with Crippen LogP contribution in [0.2, 0.25) is 5.02 Å². The van der Waals surface area contributed by atoms with Gasteiger partial charge in [-0.05, 0) is 35.4 Å². The summed E-state index contributed by atoms with van der Waals surface area (Å²) in [6.07, 6.45) is -7.05. The van der Waals surface area contributed by atoms with E-state index in [0.717, 1.165) is 11.1 Å². The van der Waals surface area contributed by atoms with Crippen molar-refractivity contribution in [1.82, 2.24) is 5.01 Å². The largest absolute Gasteiger partial charge is 0.468 e. The molecule has 2 aliphatic rings. The first-order valence-corrected chi connectivity index (χ1v) is 10.7. The summed E-state index contributed by atoms with van der Waals surface area (Å²) in [5.41, 5.74) is 2.71. The van der Waals surface area contributed by atoms with Crippen LogP contribution in [0.4, 0.5) is 23.7 Å². The highest BCUT2D eigenvalue weighted by molar-refractivity contribution is 6.30. The van der Waals surface area contributed by atoms with Crippen LogP contribution in [0, 0.1) is 0 Å². The molecule has 0 aromatic heterocycles. The molecular formula is C24H17ClF3N3O3. The summed E-state index contributed by atoms with van der Waals surface area (Å²) in [7, 11) is 0. The molecule has 0 aliphatic carbocycles. The molecule has 2 aliphatic heterocycles. The summed E-state index contributed by atoms with van der Waals surface area (Å²) < 4.78 is 49.1. The van der Waals surface area contributed by atoms with Crippen molar-refractivity contribution in [3.05, 3.63) is 88.9 Å². The molecule has 2 amide bonds. The van der Waals surface area contributed by atoms with E-state index in [1.807, 2.05) is 42.5 Å². The van der Waals surface area contributed by atoms with E-state index in [1.54, 1.807) is 12.1 Å². The Balaban J connectivity index is 1.39. The molecule has 0 fully saturated rings. The molecule has 0 saturated carbocycles. The second-order valence-electron chi connectivity index (χ2n) is 7.73. The average Bonchev–Trinajstić information content (AvgIpc) is 3.27. The minimum Gasteiger partial charge on any atom is -0.447 e. The van der Waals surface area contributed by atoms with Gasteiger partial charge in [0.15, 0.2) is 11.5 Å². The molecular weight excluding hydrogens is 471 g/mol. The van der Waals surface area contributed by atoms with Crippen molar-refractivity contribution >= 4 is 29.0 Å². The van der Waals surface area contributed by atoms with Crippen LogP contribution in [-0.4, -0.2) is 35.8 Å². The number of nitrogens with zero attached hydrogens (tertiary/aromatic N) is 2. The summed E-state index contributed by atoms with van der Waals surface area (Å²) in [5, 5.41) is 9.04. The maximum absolute atomic E-state index is 13.5. The molecule has 2 unspecified atom stereocenters. The van der Waals surface area contributed by atoms with Crippen molar-refractivity contribution < 1.29 is 27.4 Å². The fourth-order valence-electron chi connectivity index (χ4n) is 3.78. The highest BCUT2D eigenvalue weighted by Crippen LogP contribution is 2.41. The highest BCUT2D eigenvalue weighted by Gasteiger charge is 2.49. The number of carbonyl (C=O) groups excluding carboxylic acids is 1. The maximum atomic E-state index is 13.5. The molecule has 2 heterocycles. The number of rotatable bonds is 3. The Labute approximate surface area is 197 Å².